The maximum atomic E-state index is 14.1. The Bertz CT molecular complexity index is 1720. The van der Waals surface area contributed by atoms with Gasteiger partial charge < -0.3 is 23.7 Å². The van der Waals surface area contributed by atoms with Crippen LogP contribution in [0.2, 0.25) is 0 Å². The summed E-state index contributed by atoms with van der Waals surface area (Å²) in [5, 5.41) is 0. The van der Waals surface area contributed by atoms with E-state index in [0.29, 0.717) is 47.9 Å². The van der Waals surface area contributed by atoms with Gasteiger partial charge in [-0.05, 0) is 57.5 Å². The highest BCUT2D eigenvalue weighted by molar-refractivity contribution is 9.10. The highest BCUT2D eigenvalue weighted by Gasteiger charge is 2.35. The Morgan fingerprint density at radius 2 is 1.88 bits per heavy atom. The molecule has 0 unspecified atom stereocenters. The number of methoxy groups -OCH3 is 2. The van der Waals surface area contributed by atoms with Gasteiger partial charge in [-0.1, -0.05) is 45.5 Å². The van der Waals surface area contributed by atoms with Crippen molar-refractivity contribution in [3.63, 3.8) is 0 Å². The van der Waals surface area contributed by atoms with Crippen LogP contribution in [-0.4, -0.2) is 50.0 Å². The van der Waals surface area contributed by atoms with Crippen LogP contribution in [0, 0.1) is 0 Å². The molecule has 2 aromatic carbocycles. The monoisotopic (exact) mass is 658 g/mol. The van der Waals surface area contributed by atoms with E-state index in [2.05, 4.69) is 25.7 Å². The Kier molecular flexibility index (Phi) is 9.89. The molecule has 0 bridgehead atoms. The van der Waals surface area contributed by atoms with Crippen molar-refractivity contribution in [1.29, 1.82) is 0 Å². The fourth-order valence-corrected chi connectivity index (χ4v) is 5.90. The minimum atomic E-state index is -0.815. The van der Waals surface area contributed by atoms with Gasteiger partial charge in [0.1, 0.15) is 11.8 Å². The van der Waals surface area contributed by atoms with Gasteiger partial charge in [0.2, 0.25) is 0 Å². The van der Waals surface area contributed by atoms with Crippen LogP contribution in [0.15, 0.2) is 61.9 Å². The smallest absolute Gasteiger partial charge is 0.343 e. The van der Waals surface area contributed by atoms with Crippen molar-refractivity contribution >= 4 is 45.3 Å². The van der Waals surface area contributed by atoms with Gasteiger partial charge >= 0.3 is 11.9 Å². The number of allylic oxidation sites excluding steroid dienone is 1. The molecule has 222 valence electrons. The van der Waals surface area contributed by atoms with E-state index < -0.39 is 18.0 Å². The second-order valence-electron chi connectivity index (χ2n) is 9.40. The molecule has 42 heavy (non-hydrogen) atoms. The fraction of sp³-hybridized carbons (Fsp3) is 0.333. The molecule has 4 rings (SSSR count). The molecule has 10 nitrogen and oxygen atoms in total. The van der Waals surface area contributed by atoms with Crippen LogP contribution >= 0.6 is 27.3 Å². The number of ether oxygens (including phenoxy) is 5. The van der Waals surface area contributed by atoms with Crippen LogP contribution in [0.25, 0.3) is 6.08 Å². The molecule has 0 aliphatic carbocycles. The number of fused-ring (bicyclic) bond motifs is 1. The SMILES string of the molecule is CCOC(=O)C1=C(C)N=c2s/c(=C/c3cc(OC)c(OCC(=O)OC)cc3Br)c(=O)n2[C@H]1c1ccccc1OC(C)C. The van der Waals surface area contributed by atoms with Crippen LogP contribution < -0.4 is 29.1 Å². The zero-order chi connectivity index (χ0) is 30.6. The van der Waals surface area contributed by atoms with Crippen molar-refractivity contribution in [3.8, 4) is 17.2 Å². The maximum absolute atomic E-state index is 14.1. The lowest BCUT2D eigenvalue weighted by Crippen LogP contribution is -2.40. The number of carbonyl (C=O) groups is 2. The van der Waals surface area contributed by atoms with Crippen molar-refractivity contribution in [2.24, 2.45) is 4.99 Å². The number of carbonyl (C=O) groups excluding carboxylic acids is 2. The number of para-hydroxylation sites is 1. The molecule has 1 aliphatic rings. The van der Waals surface area contributed by atoms with Gasteiger partial charge in [0.15, 0.2) is 22.9 Å². The summed E-state index contributed by atoms with van der Waals surface area (Å²) in [5.74, 6) is 0.154. The van der Waals surface area contributed by atoms with E-state index in [0.717, 1.165) is 0 Å². The zero-order valence-corrected chi connectivity index (χ0v) is 26.5. The van der Waals surface area contributed by atoms with Crippen LogP contribution in [0.1, 0.15) is 44.9 Å². The van der Waals surface area contributed by atoms with E-state index in [1.165, 1.54) is 30.1 Å². The Labute approximate surface area is 255 Å². The first-order valence-electron chi connectivity index (χ1n) is 13.1. The summed E-state index contributed by atoms with van der Waals surface area (Å²) >= 11 is 4.72. The minimum absolute atomic E-state index is 0.134. The number of rotatable bonds is 10. The van der Waals surface area contributed by atoms with E-state index in [9.17, 15) is 14.4 Å². The number of halogens is 1. The molecule has 0 amide bonds. The third-order valence-corrected chi connectivity index (χ3v) is 7.91. The Morgan fingerprint density at radius 1 is 1.14 bits per heavy atom. The molecule has 0 N–H and O–H groups in total. The van der Waals surface area contributed by atoms with Gasteiger partial charge in [0.05, 0.1) is 42.7 Å². The van der Waals surface area contributed by atoms with Crippen LogP contribution in [0.5, 0.6) is 17.2 Å². The lowest BCUT2D eigenvalue weighted by molar-refractivity contribution is -0.143. The standard InChI is InChI=1S/C30H31BrN2O8S/c1-7-39-29(36)26-17(4)32-30-33(27(26)19-10-8-9-11-21(19)41-16(2)3)28(35)24(42-30)13-18-12-22(37-5)23(14-20(18)31)40-15-25(34)38-6/h8-14,16,27H,7,15H2,1-6H3/b24-13+/t27-/m0/s1. The molecule has 0 fully saturated rings. The van der Waals surface area contributed by atoms with Crippen LogP contribution in [0.3, 0.4) is 0 Å². The quantitative estimate of drug-likeness (QED) is 0.301. The third-order valence-electron chi connectivity index (χ3n) is 6.24. The van der Waals surface area contributed by atoms with Crippen molar-refractivity contribution in [2.75, 3.05) is 27.4 Å². The summed E-state index contributed by atoms with van der Waals surface area (Å²) < 4.78 is 29.6. The van der Waals surface area contributed by atoms with E-state index in [1.807, 2.05) is 38.1 Å². The van der Waals surface area contributed by atoms with Gasteiger partial charge in [-0.2, -0.15) is 0 Å². The van der Waals surface area contributed by atoms with Gasteiger partial charge in [0, 0.05) is 10.0 Å². The van der Waals surface area contributed by atoms with Crippen LogP contribution in [-0.2, 0) is 19.1 Å². The molecule has 0 saturated heterocycles. The lowest BCUT2D eigenvalue weighted by atomic mass is 9.95. The number of thiazole rings is 1. The van der Waals surface area contributed by atoms with Gasteiger partial charge in [-0.25, -0.2) is 14.6 Å². The average molecular weight is 660 g/mol. The minimum Gasteiger partial charge on any atom is -0.493 e. The normalized spacial score (nSPS) is 14.8. The van der Waals surface area contributed by atoms with Crippen molar-refractivity contribution < 1.29 is 33.3 Å². The van der Waals surface area contributed by atoms with E-state index in [1.54, 1.807) is 32.1 Å². The molecule has 3 aromatic rings. The van der Waals surface area contributed by atoms with Gasteiger partial charge in [0.25, 0.3) is 5.56 Å². The summed E-state index contributed by atoms with van der Waals surface area (Å²) in [6.45, 7) is 7.16. The number of aromatic nitrogens is 1. The molecule has 0 radical (unpaired) electrons. The zero-order valence-electron chi connectivity index (χ0n) is 24.1. The van der Waals surface area contributed by atoms with E-state index >= 15 is 0 Å². The number of nitrogens with zero attached hydrogens (tertiary/aromatic N) is 2. The van der Waals surface area contributed by atoms with Gasteiger partial charge in [-0.3, -0.25) is 9.36 Å². The first kappa shape index (κ1) is 31.0. The predicted molar refractivity (Wildman–Crippen MR) is 161 cm³/mol. The number of hydrogen-bond acceptors (Lipinski definition) is 10. The molecule has 1 aromatic heterocycles. The molecule has 2 heterocycles. The lowest BCUT2D eigenvalue weighted by Gasteiger charge is -2.26. The van der Waals surface area contributed by atoms with E-state index in [-0.39, 0.29) is 30.5 Å². The molecule has 0 saturated carbocycles. The van der Waals surface area contributed by atoms with Crippen LogP contribution in [0.4, 0.5) is 0 Å². The number of hydrogen-bond donors (Lipinski definition) is 0. The average Bonchev–Trinajstić information content (AvgIpc) is 3.26. The second-order valence-corrected chi connectivity index (χ2v) is 11.3. The topological polar surface area (TPSA) is 115 Å². The molecule has 1 atom stereocenters. The first-order chi connectivity index (χ1) is 20.1. The summed E-state index contributed by atoms with van der Waals surface area (Å²) in [4.78, 5) is 43.9. The van der Waals surface area contributed by atoms with E-state index in [4.69, 9.17) is 18.9 Å². The summed E-state index contributed by atoms with van der Waals surface area (Å²) in [7, 11) is 2.75. The number of esters is 2. The molecular weight excluding hydrogens is 628 g/mol. The summed E-state index contributed by atoms with van der Waals surface area (Å²) in [6.07, 6.45) is 1.57. The molecule has 0 spiro atoms. The molecular formula is C30H31BrN2O8S. The first-order valence-corrected chi connectivity index (χ1v) is 14.7. The summed E-state index contributed by atoms with van der Waals surface area (Å²) in [6, 6.07) is 9.86. The Hall–Kier alpha value is -3.90. The number of benzene rings is 2. The maximum Gasteiger partial charge on any atom is 0.343 e. The Morgan fingerprint density at radius 3 is 2.55 bits per heavy atom. The highest BCUT2D eigenvalue weighted by Crippen LogP contribution is 2.37. The predicted octanol–water partition coefficient (Wildman–Crippen LogP) is 3.91. The summed E-state index contributed by atoms with van der Waals surface area (Å²) in [5.41, 5.74) is 1.66. The molecule has 12 heteroatoms. The molecule has 1 aliphatic heterocycles. The largest absolute Gasteiger partial charge is 0.493 e. The fourth-order valence-electron chi connectivity index (χ4n) is 4.42. The third kappa shape index (κ3) is 6.44. The van der Waals surface area contributed by atoms with Crippen molar-refractivity contribution in [2.45, 2.75) is 39.8 Å². The van der Waals surface area contributed by atoms with Crippen molar-refractivity contribution in [3.05, 3.63) is 83.0 Å². The Balaban J connectivity index is 1.90. The second kappa shape index (κ2) is 13.4. The van der Waals surface area contributed by atoms with Crippen molar-refractivity contribution in [1.82, 2.24) is 4.57 Å². The van der Waals surface area contributed by atoms with Gasteiger partial charge in [-0.15, -0.1) is 0 Å². The highest BCUT2D eigenvalue weighted by atomic mass is 79.9.